The van der Waals surface area contributed by atoms with E-state index in [1.807, 2.05) is 58.8 Å². The van der Waals surface area contributed by atoms with Gasteiger partial charge in [-0.25, -0.2) is 0 Å². The van der Waals surface area contributed by atoms with E-state index in [4.69, 9.17) is 4.74 Å². The second-order valence-corrected chi connectivity index (χ2v) is 8.89. The Morgan fingerprint density at radius 3 is 2.77 bits per heavy atom. The number of methoxy groups -OCH3 is 1. The van der Waals surface area contributed by atoms with E-state index < -0.39 is 0 Å². The van der Waals surface area contributed by atoms with Crippen molar-refractivity contribution in [3.63, 3.8) is 0 Å². The summed E-state index contributed by atoms with van der Waals surface area (Å²) in [5.41, 5.74) is 3.18. The zero-order valence-electron chi connectivity index (χ0n) is 18.1. The number of hydrogen-bond donors (Lipinski definition) is 0. The summed E-state index contributed by atoms with van der Waals surface area (Å²) in [7, 11) is 5.62. The van der Waals surface area contributed by atoms with Crippen LogP contribution in [0.4, 0.5) is 0 Å². The molecular formula is C24H31N3O3. The van der Waals surface area contributed by atoms with Gasteiger partial charge in [0.05, 0.1) is 7.11 Å². The average molecular weight is 410 g/mol. The molecule has 2 aromatic rings. The van der Waals surface area contributed by atoms with Crippen LogP contribution < -0.4 is 10.3 Å². The Labute approximate surface area is 178 Å². The van der Waals surface area contributed by atoms with E-state index in [1.54, 1.807) is 7.11 Å². The van der Waals surface area contributed by atoms with Crippen molar-refractivity contribution in [2.75, 3.05) is 34.3 Å². The Balaban J connectivity index is 1.44. The topological polar surface area (TPSA) is 54.8 Å². The molecule has 0 spiro atoms. The van der Waals surface area contributed by atoms with Gasteiger partial charge in [0.25, 0.3) is 5.56 Å². The summed E-state index contributed by atoms with van der Waals surface area (Å²) in [5, 5.41) is 0. The molecule has 0 N–H and O–H groups in total. The van der Waals surface area contributed by atoms with E-state index in [2.05, 4.69) is 6.07 Å². The molecule has 2 aliphatic rings. The second kappa shape index (κ2) is 8.64. The molecule has 3 heterocycles. The largest absolute Gasteiger partial charge is 0.497 e. The number of carbonyl (C=O) groups excluding carboxylic acids is 1. The number of aryl methyl sites for hydroxylation is 1. The smallest absolute Gasteiger partial charge is 0.255 e. The monoisotopic (exact) mass is 409 g/mol. The molecule has 30 heavy (non-hydrogen) atoms. The van der Waals surface area contributed by atoms with Crippen LogP contribution in [0.1, 0.15) is 35.6 Å². The third-order valence-corrected chi connectivity index (χ3v) is 6.28. The van der Waals surface area contributed by atoms with Gasteiger partial charge in [-0.05, 0) is 56.6 Å². The number of nitrogens with zero attached hydrogens (tertiary/aromatic N) is 3. The first-order valence-electron chi connectivity index (χ1n) is 10.7. The first kappa shape index (κ1) is 20.7. The van der Waals surface area contributed by atoms with Gasteiger partial charge in [0.15, 0.2) is 0 Å². The fourth-order valence-corrected chi connectivity index (χ4v) is 4.89. The number of amides is 1. The molecule has 1 aromatic carbocycles. The molecule has 2 aliphatic heterocycles. The van der Waals surface area contributed by atoms with E-state index in [0.29, 0.717) is 38.4 Å². The molecule has 0 saturated carbocycles. The van der Waals surface area contributed by atoms with Crippen LogP contribution in [-0.2, 0) is 24.3 Å². The summed E-state index contributed by atoms with van der Waals surface area (Å²) in [5.74, 6) is 1.62. The highest BCUT2D eigenvalue weighted by molar-refractivity contribution is 5.76. The van der Waals surface area contributed by atoms with E-state index in [9.17, 15) is 9.59 Å². The molecule has 2 atom stereocenters. The second-order valence-electron chi connectivity index (χ2n) is 8.89. The summed E-state index contributed by atoms with van der Waals surface area (Å²) in [4.78, 5) is 29.9. The third kappa shape index (κ3) is 4.29. The Morgan fingerprint density at radius 1 is 1.17 bits per heavy atom. The molecule has 0 aliphatic carbocycles. The van der Waals surface area contributed by atoms with Crippen LogP contribution in [0.5, 0.6) is 5.75 Å². The van der Waals surface area contributed by atoms with Crippen LogP contribution in [0.15, 0.2) is 41.2 Å². The van der Waals surface area contributed by atoms with Crippen molar-refractivity contribution in [2.24, 2.45) is 5.92 Å². The van der Waals surface area contributed by atoms with Crippen LogP contribution in [0.3, 0.4) is 0 Å². The number of benzene rings is 1. The van der Waals surface area contributed by atoms with E-state index in [0.717, 1.165) is 35.5 Å². The zero-order valence-corrected chi connectivity index (χ0v) is 18.1. The van der Waals surface area contributed by atoms with E-state index >= 15 is 0 Å². The Kier molecular flexibility index (Phi) is 5.95. The van der Waals surface area contributed by atoms with Gasteiger partial charge in [-0.2, -0.15) is 0 Å². The lowest BCUT2D eigenvalue weighted by molar-refractivity contribution is -0.133. The fourth-order valence-electron chi connectivity index (χ4n) is 4.89. The van der Waals surface area contributed by atoms with Crippen molar-refractivity contribution in [3.05, 3.63) is 63.6 Å². The maximum atomic E-state index is 13.0. The molecule has 6 heteroatoms. The van der Waals surface area contributed by atoms with Gasteiger partial charge in [0.2, 0.25) is 5.91 Å². The van der Waals surface area contributed by atoms with Gasteiger partial charge in [-0.3, -0.25) is 9.59 Å². The Hall–Kier alpha value is -2.60. The summed E-state index contributed by atoms with van der Waals surface area (Å²) >= 11 is 0. The number of fused-ring (bicyclic) bond motifs is 4. The van der Waals surface area contributed by atoms with Gasteiger partial charge >= 0.3 is 0 Å². The molecule has 1 amide bonds. The van der Waals surface area contributed by atoms with Gasteiger partial charge in [0.1, 0.15) is 5.75 Å². The molecule has 160 valence electrons. The quantitative estimate of drug-likeness (QED) is 0.736. The Bertz CT molecular complexity index is 982. The number of ether oxygens (including phenoxy) is 1. The maximum absolute atomic E-state index is 13.0. The first-order chi connectivity index (χ1) is 14.4. The van der Waals surface area contributed by atoms with Crippen LogP contribution in [0.25, 0.3) is 0 Å². The van der Waals surface area contributed by atoms with Crippen molar-refractivity contribution in [2.45, 2.75) is 38.3 Å². The molecular weight excluding hydrogens is 378 g/mol. The first-order valence-corrected chi connectivity index (χ1v) is 10.7. The third-order valence-electron chi connectivity index (χ3n) is 6.28. The fraction of sp³-hybridized carbons (Fsp3) is 0.500. The molecule has 1 saturated heterocycles. The lowest BCUT2D eigenvalue weighted by atomic mass is 9.82. The molecule has 1 fully saturated rings. The van der Waals surface area contributed by atoms with Gasteiger partial charge < -0.3 is 19.1 Å². The zero-order chi connectivity index (χ0) is 21.3. The van der Waals surface area contributed by atoms with Crippen molar-refractivity contribution >= 4 is 5.91 Å². The van der Waals surface area contributed by atoms with Crippen molar-refractivity contribution < 1.29 is 9.53 Å². The number of aromatic nitrogens is 1. The van der Waals surface area contributed by atoms with Crippen molar-refractivity contribution in [3.8, 4) is 5.75 Å². The predicted molar refractivity (Wildman–Crippen MR) is 117 cm³/mol. The van der Waals surface area contributed by atoms with E-state index in [1.165, 1.54) is 0 Å². The predicted octanol–water partition coefficient (Wildman–Crippen LogP) is 2.50. The number of hydrogen-bond acceptors (Lipinski definition) is 4. The van der Waals surface area contributed by atoms with Gasteiger partial charge in [0, 0.05) is 49.8 Å². The summed E-state index contributed by atoms with van der Waals surface area (Å²) < 4.78 is 7.24. The van der Waals surface area contributed by atoms with Crippen LogP contribution in [0, 0.1) is 5.92 Å². The number of piperidine rings is 1. The minimum Gasteiger partial charge on any atom is -0.497 e. The molecule has 2 bridgehead atoms. The minimum absolute atomic E-state index is 0.133. The maximum Gasteiger partial charge on any atom is 0.255 e. The summed E-state index contributed by atoms with van der Waals surface area (Å²) in [6, 6.07) is 12.0. The van der Waals surface area contributed by atoms with Gasteiger partial charge in [-0.15, -0.1) is 0 Å². The number of likely N-dealkylation sites (tertiary alicyclic amines) is 1. The van der Waals surface area contributed by atoms with Crippen LogP contribution in [-0.4, -0.2) is 54.6 Å². The number of pyridine rings is 1. The highest BCUT2D eigenvalue weighted by Gasteiger charge is 2.36. The molecule has 0 radical (unpaired) electrons. The van der Waals surface area contributed by atoms with Crippen LogP contribution >= 0.6 is 0 Å². The van der Waals surface area contributed by atoms with Crippen molar-refractivity contribution in [1.82, 2.24) is 14.4 Å². The lowest BCUT2D eigenvalue weighted by Crippen LogP contribution is -2.49. The average Bonchev–Trinajstić information content (AvgIpc) is 2.74. The number of carbonyl (C=O) groups is 1. The molecule has 1 aromatic heterocycles. The van der Waals surface area contributed by atoms with Crippen LogP contribution in [0.2, 0.25) is 0 Å². The normalized spacial score (nSPS) is 20.2. The minimum atomic E-state index is 0.133. The van der Waals surface area contributed by atoms with Crippen molar-refractivity contribution in [1.29, 1.82) is 0 Å². The summed E-state index contributed by atoms with van der Waals surface area (Å²) in [6.07, 6.45) is 2.28. The number of rotatable bonds is 6. The molecule has 4 rings (SSSR count). The molecule has 0 unspecified atom stereocenters. The van der Waals surface area contributed by atoms with E-state index in [-0.39, 0.29) is 17.4 Å². The highest BCUT2D eigenvalue weighted by atomic mass is 16.5. The summed E-state index contributed by atoms with van der Waals surface area (Å²) in [6.45, 7) is 2.83. The standard InChI is InChI=1S/C24H31N3O3/c1-25(2)15-19-8-9-22-20-11-18(14-27(22)24(19)29)13-26(16-20)23(28)10-7-17-5-4-6-21(12-17)30-3/h4-6,8-9,12,18,20H,7,10-11,13-16H2,1-3H3/t18-,20+/m0/s1. The SMILES string of the molecule is COc1cccc(CCC(=O)N2C[C@@H]3C[C@H](C2)c2ccc(CN(C)C)c(=O)n2C3)c1. The molecule has 6 nitrogen and oxygen atoms in total. The lowest BCUT2D eigenvalue weighted by Gasteiger charge is -2.43. The highest BCUT2D eigenvalue weighted by Crippen LogP contribution is 2.35. The Morgan fingerprint density at radius 2 is 2.00 bits per heavy atom. The van der Waals surface area contributed by atoms with Gasteiger partial charge in [-0.1, -0.05) is 18.2 Å².